The van der Waals surface area contributed by atoms with E-state index >= 15 is 0 Å². The first-order chi connectivity index (χ1) is 12.3. The van der Waals surface area contributed by atoms with Crippen LogP contribution in [0.15, 0.2) is 49.2 Å². The summed E-state index contributed by atoms with van der Waals surface area (Å²) in [7, 11) is 0. The highest BCUT2D eigenvalue weighted by atomic mass is 16.2. The summed E-state index contributed by atoms with van der Waals surface area (Å²) in [5.74, 6) is 0.754. The number of carbonyl (C=O) groups excluding carboxylic acids is 1. The Hall–Kier alpha value is -2.76. The number of para-hydroxylation sites is 1. The maximum Gasteiger partial charge on any atom is 0.227 e. The number of benzene rings is 1. The zero-order valence-electron chi connectivity index (χ0n) is 14.1. The SMILES string of the molecule is O=C(Cc1cnc2ccccc2c1)N1CCC(Cn2cncn2)CC1. The number of piperidine rings is 1. The summed E-state index contributed by atoms with van der Waals surface area (Å²) in [6.07, 6.45) is 7.59. The number of hydrogen-bond acceptors (Lipinski definition) is 4. The van der Waals surface area contributed by atoms with Gasteiger partial charge >= 0.3 is 0 Å². The molecule has 1 aliphatic heterocycles. The monoisotopic (exact) mass is 335 g/mol. The van der Waals surface area contributed by atoms with Crippen LogP contribution in [0.2, 0.25) is 0 Å². The fourth-order valence-electron chi connectivity index (χ4n) is 3.46. The van der Waals surface area contributed by atoms with E-state index in [4.69, 9.17) is 0 Å². The smallest absolute Gasteiger partial charge is 0.227 e. The van der Waals surface area contributed by atoms with E-state index in [1.165, 1.54) is 0 Å². The van der Waals surface area contributed by atoms with Gasteiger partial charge in [0.25, 0.3) is 0 Å². The summed E-state index contributed by atoms with van der Waals surface area (Å²) >= 11 is 0. The first-order valence-corrected chi connectivity index (χ1v) is 8.72. The maximum absolute atomic E-state index is 12.6. The zero-order chi connectivity index (χ0) is 17.1. The predicted octanol–water partition coefficient (Wildman–Crippen LogP) is 2.31. The summed E-state index contributed by atoms with van der Waals surface area (Å²) in [5, 5.41) is 5.25. The fourth-order valence-corrected chi connectivity index (χ4v) is 3.46. The lowest BCUT2D eigenvalue weighted by Gasteiger charge is -2.32. The predicted molar refractivity (Wildman–Crippen MR) is 94.8 cm³/mol. The Labute approximate surface area is 146 Å². The van der Waals surface area contributed by atoms with Gasteiger partial charge in [0.2, 0.25) is 5.91 Å². The molecular formula is C19H21N5O. The number of likely N-dealkylation sites (tertiary alicyclic amines) is 1. The molecule has 0 atom stereocenters. The van der Waals surface area contributed by atoms with Gasteiger partial charge in [-0.2, -0.15) is 5.10 Å². The Morgan fingerprint density at radius 3 is 2.84 bits per heavy atom. The molecule has 1 saturated heterocycles. The number of pyridine rings is 1. The second-order valence-corrected chi connectivity index (χ2v) is 6.65. The van der Waals surface area contributed by atoms with Crippen LogP contribution in [0.1, 0.15) is 18.4 Å². The molecule has 25 heavy (non-hydrogen) atoms. The van der Waals surface area contributed by atoms with Crippen LogP contribution in [-0.4, -0.2) is 43.6 Å². The Morgan fingerprint density at radius 1 is 1.20 bits per heavy atom. The van der Waals surface area contributed by atoms with Gasteiger partial charge in [0, 0.05) is 31.2 Å². The molecule has 3 heterocycles. The molecule has 0 aliphatic carbocycles. The Kier molecular flexibility index (Phi) is 4.41. The molecule has 1 aliphatic rings. The van der Waals surface area contributed by atoms with Crippen molar-refractivity contribution in [2.75, 3.05) is 13.1 Å². The van der Waals surface area contributed by atoms with Crippen molar-refractivity contribution in [2.24, 2.45) is 5.92 Å². The lowest BCUT2D eigenvalue weighted by atomic mass is 9.96. The number of aromatic nitrogens is 4. The van der Waals surface area contributed by atoms with Crippen LogP contribution in [0, 0.1) is 5.92 Å². The van der Waals surface area contributed by atoms with Crippen LogP contribution >= 0.6 is 0 Å². The molecule has 4 rings (SSSR count). The van der Waals surface area contributed by atoms with Crippen molar-refractivity contribution in [2.45, 2.75) is 25.8 Å². The number of nitrogens with zero attached hydrogens (tertiary/aromatic N) is 5. The first kappa shape index (κ1) is 15.7. The highest BCUT2D eigenvalue weighted by Gasteiger charge is 2.23. The Bertz CT molecular complexity index is 853. The van der Waals surface area contributed by atoms with Gasteiger partial charge in [-0.25, -0.2) is 4.98 Å². The van der Waals surface area contributed by atoms with E-state index in [2.05, 4.69) is 21.1 Å². The highest BCUT2D eigenvalue weighted by molar-refractivity contribution is 5.82. The van der Waals surface area contributed by atoms with Crippen LogP contribution in [0.3, 0.4) is 0 Å². The molecule has 0 N–H and O–H groups in total. The topological polar surface area (TPSA) is 63.9 Å². The van der Waals surface area contributed by atoms with Crippen molar-refractivity contribution in [3.8, 4) is 0 Å². The van der Waals surface area contributed by atoms with Crippen LogP contribution in [0.25, 0.3) is 10.9 Å². The van der Waals surface area contributed by atoms with E-state index in [9.17, 15) is 4.79 Å². The van der Waals surface area contributed by atoms with E-state index in [-0.39, 0.29) is 5.91 Å². The minimum absolute atomic E-state index is 0.191. The molecule has 2 aromatic heterocycles. The molecular weight excluding hydrogens is 314 g/mol. The molecule has 6 nitrogen and oxygen atoms in total. The fraction of sp³-hybridized carbons (Fsp3) is 0.368. The summed E-state index contributed by atoms with van der Waals surface area (Å²) < 4.78 is 1.88. The molecule has 3 aromatic rings. The van der Waals surface area contributed by atoms with Gasteiger partial charge in [0.1, 0.15) is 12.7 Å². The number of hydrogen-bond donors (Lipinski definition) is 0. The second kappa shape index (κ2) is 7.01. The van der Waals surface area contributed by atoms with Crippen LogP contribution in [0.5, 0.6) is 0 Å². The average Bonchev–Trinajstić information content (AvgIpc) is 3.15. The standard InChI is InChI=1S/C19H21N5O/c25-19(10-16-9-17-3-1-2-4-18(17)21-11-16)23-7-5-15(6-8-23)12-24-14-20-13-22-24/h1-4,9,11,13-15H,5-8,10,12H2. The number of fused-ring (bicyclic) bond motifs is 1. The van der Waals surface area contributed by atoms with E-state index in [1.807, 2.05) is 40.0 Å². The van der Waals surface area contributed by atoms with Crippen molar-refractivity contribution >= 4 is 16.8 Å². The minimum atomic E-state index is 0.191. The van der Waals surface area contributed by atoms with Crippen molar-refractivity contribution in [1.29, 1.82) is 0 Å². The first-order valence-electron chi connectivity index (χ1n) is 8.72. The molecule has 6 heteroatoms. The largest absolute Gasteiger partial charge is 0.342 e. The van der Waals surface area contributed by atoms with E-state index in [0.717, 1.165) is 48.9 Å². The third-order valence-electron chi connectivity index (χ3n) is 4.88. The second-order valence-electron chi connectivity index (χ2n) is 6.65. The zero-order valence-corrected chi connectivity index (χ0v) is 14.1. The summed E-state index contributed by atoms with van der Waals surface area (Å²) in [5.41, 5.74) is 1.95. The number of carbonyl (C=O) groups is 1. The molecule has 0 unspecified atom stereocenters. The van der Waals surface area contributed by atoms with E-state index < -0.39 is 0 Å². The summed E-state index contributed by atoms with van der Waals surface area (Å²) in [6, 6.07) is 10.1. The van der Waals surface area contributed by atoms with Crippen LogP contribution in [-0.2, 0) is 17.8 Å². The van der Waals surface area contributed by atoms with Crippen molar-refractivity contribution < 1.29 is 4.79 Å². The van der Waals surface area contributed by atoms with Crippen LogP contribution < -0.4 is 0 Å². The van der Waals surface area contributed by atoms with Gasteiger partial charge in [-0.3, -0.25) is 14.5 Å². The third-order valence-corrected chi connectivity index (χ3v) is 4.88. The molecule has 1 amide bonds. The molecule has 128 valence electrons. The maximum atomic E-state index is 12.6. The lowest BCUT2D eigenvalue weighted by Crippen LogP contribution is -2.40. The Morgan fingerprint density at radius 2 is 2.04 bits per heavy atom. The van der Waals surface area contributed by atoms with Gasteiger partial charge in [-0.05, 0) is 36.5 Å². The summed E-state index contributed by atoms with van der Waals surface area (Å²) in [4.78, 5) is 23.0. The average molecular weight is 335 g/mol. The molecule has 0 bridgehead atoms. The van der Waals surface area contributed by atoms with Gasteiger partial charge in [-0.15, -0.1) is 0 Å². The molecule has 0 saturated carbocycles. The molecule has 1 fully saturated rings. The van der Waals surface area contributed by atoms with Crippen molar-refractivity contribution in [3.63, 3.8) is 0 Å². The van der Waals surface area contributed by atoms with Gasteiger partial charge in [-0.1, -0.05) is 18.2 Å². The third kappa shape index (κ3) is 3.68. The van der Waals surface area contributed by atoms with E-state index in [1.54, 1.807) is 12.7 Å². The van der Waals surface area contributed by atoms with Crippen molar-refractivity contribution in [1.82, 2.24) is 24.6 Å². The van der Waals surface area contributed by atoms with E-state index in [0.29, 0.717) is 12.3 Å². The van der Waals surface area contributed by atoms with Crippen LogP contribution in [0.4, 0.5) is 0 Å². The highest BCUT2D eigenvalue weighted by Crippen LogP contribution is 2.20. The quantitative estimate of drug-likeness (QED) is 0.734. The number of amides is 1. The molecule has 0 spiro atoms. The van der Waals surface area contributed by atoms with Gasteiger partial charge in [0.15, 0.2) is 0 Å². The van der Waals surface area contributed by atoms with Gasteiger partial charge < -0.3 is 4.90 Å². The van der Waals surface area contributed by atoms with Gasteiger partial charge in [0.05, 0.1) is 11.9 Å². The minimum Gasteiger partial charge on any atom is -0.342 e. The Balaban J connectivity index is 1.33. The number of rotatable bonds is 4. The molecule has 0 radical (unpaired) electrons. The summed E-state index contributed by atoms with van der Waals surface area (Å²) in [6.45, 7) is 2.52. The lowest BCUT2D eigenvalue weighted by molar-refractivity contribution is -0.131. The normalized spacial score (nSPS) is 15.6. The van der Waals surface area contributed by atoms with Crippen molar-refractivity contribution in [3.05, 3.63) is 54.7 Å². The molecule has 1 aromatic carbocycles.